The average Bonchev–Trinajstić information content (AvgIpc) is 2.31. The van der Waals surface area contributed by atoms with E-state index in [0.29, 0.717) is 0 Å². The topological polar surface area (TPSA) is 93.1 Å². The number of carbonyl (C=O) groups excluding carboxylic acids is 1. The molecule has 0 radical (unpaired) electrons. The molecule has 6 nitrogen and oxygen atoms in total. The van der Waals surface area contributed by atoms with Gasteiger partial charge in [0.1, 0.15) is 12.2 Å². The first-order chi connectivity index (χ1) is 8.45. The van der Waals surface area contributed by atoms with Crippen LogP contribution in [0.15, 0.2) is 36.1 Å². The molecule has 0 saturated carbocycles. The molecule has 18 heavy (non-hydrogen) atoms. The highest BCUT2D eigenvalue weighted by Gasteiger charge is 2.25. The maximum atomic E-state index is 11.3. The second-order valence-electron chi connectivity index (χ2n) is 3.50. The summed E-state index contributed by atoms with van der Waals surface area (Å²) in [5.74, 6) is -2.17. The van der Waals surface area contributed by atoms with E-state index in [4.69, 9.17) is 9.84 Å². The Morgan fingerprint density at radius 2 is 2.17 bits per heavy atom. The summed E-state index contributed by atoms with van der Waals surface area (Å²) in [6.07, 6.45) is 1.72. The number of aliphatic carboxylic acids is 1. The fourth-order valence-electron chi connectivity index (χ4n) is 1.31. The van der Waals surface area contributed by atoms with Crippen LogP contribution in [0.25, 0.3) is 0 Å². The molecular weight excluding hydrogens is 240 g/mol. The van der Waals surface area contributed by atoms with Crippen molar-refractivity contribution in [3.8, 4) is 0 Å². The predicted molar refractivity (Wildman–Crippen MR) is 61.5 cm³/mol. The van der Waals surface area contributed by atoms with Crippen molar-refractivity contribution >= 4 is 11.9 Å². The Labute approximate surface area is 104 Å². The number of rotatable bonds is 5. The second kappa shape index (κ2) is 6.02. The highest BCUT2D eigenvalue weighted by molar-refractivity contribution is 5.90. The Morgan fingerprint density at radius 1 is 1.50 bits per heavy atom. The number of hydrogen-bond acceptors (Lipinski definition) is 5. The van der Waals surface area contributed by atoms with Crippen LogP contribution in [-0.4, -0.2) is 41.0 Å². The number of ether oxygens (including phenoxy) is 2. The third-order valence-electron chi connectivity index (χ3n) is 2.18. The molecule has 2 atom stereocenters. The zero-order chi connectivity index (χ0) is 13.7. The van der Waals surface area contributed by atoms with Crippen molar-refractivity contribution in [3.05, 3.63) is 36.1 Å². The Balaban J connectivity index is 2.71. The summed E-state index contributed by atoms with van der Waals surface area (Å²) < 4.78 is 9.74. The average molecular weight is 254 g/mol. The molecule has 0 aromatic heterocycles. The monoisotopic (exact) mass is 254 g/mol. The fraction of sp³-hybridized carbons (Fsp3) is 0.333. The van der Waals surface area contributed by atoms with Crippen molar-refractivity contribution < 1.29 is 29.3 Å². The van der Waals surface area contributed by atoms with Gasteiger partial charge in [-0.25, -0.2) is 9.59 Å². The van der Waals surface area contributed by atoms with Gasteiger partial charge in [-0.3, -0.25) is 0 Å². The first kappa shape index (κ1) is 14.0. The molecule has 2 N–H and O–H groups in total. The van der Waals surface area contributed by atoms with Gasteiger partial charge in [-0.1, -0.05) is 6.08 Å². The third-order valence-corrected chi connectivity index (χ3v) is 2.18. The smallest absolute Gasteiger partial charge is 0.372 e. The molecule has 1 aliphatic rings. The van der Waals surface area contributed by atoms with Crippen LogP contribution in [0, 0.1) is 0 Å². The van der Waals surface area contributed by atoms with Gasteiger partial charge in [0.2, 0.25) is 0 Å². The molecule has 0 saturated heterocycles. The van der Waals surface area contributed by atoms with Crippen molar-refractivity contribution in [1.82, 2.24) is 0 Å². The van der Waals surface area contributed by atoms with Crippen LogP contribution in [0.3, 0.4) is 0 Å². The number of carboxylic acids is 1. The Morgan fingerprint density at radius 3 is 2.72 bits per heavy atom. The van der Waals surface area contributed by atoms with Crippen molar-refractivity contribution in [1.29, 1.82) is 0 Å². The van der Waals surface area contributed by atoms with Gasteiger partial charge in [0.25, 0.3) is 0 Å². The lowest BCUT2D eigenvalue weighted by molar-refractivity contribution is -0.143. The van der Waals surface area contributed by atoms with E-state index >= 15 is 0 Å². The minimum atomic E-state index is -1.14. The molecule has 1 aliphatic carbocycles. The van der Waals surface area contributed by atoms with Crippen LogP contribution in [0.2, 0.25) is 0 Å². The van der Waals surface area contributed by atoms with Crippen molar-refractivity contribution in [3.63, 3.8) is 0 Å². The van der Waals surface area contributed by atoms with Crippen molar-refractivity contribution in [2.75, 3.05) is 6.61 Å². The number of carbonyl (C=O) groups is 2. The molecule has 6 heteroatoms. The minimum absolute atomic E-state index is 0.0260. The lowest BCUT2D eigenvalue weighted by atomic mass is 10.0. The normalized spacial score (nSPS) is 22.0. The van der Waals surface area contributed by atoms with Gasteiger partial charge in [0.15, 0.2) is 5.76 Å². The first-order valence-electron chi connectivity index (χ1n) is 5.29. The molecule has 1 rings (SSSR count). The molecule has 0 aromatic rings. The van der Waals surface area contributed by atoms with Crippen LogP contribution in [0.4, 0.5) is 0 Å². The number of esters is 1. The molecule has 0 amide bonds. The Kier molecular flexibility index (Phi) is 4.67. The van der Waals surface area contributed by atoms with Gasteiger partial charge in [-0.05, 0) is 25.7 Å². The number of carboxylic acid groups (broad SMARTS) is 1. The van der Waals surface area contributed by atoms with Crippen molar-refractivity contribution in [2.24, 2.45) is 0 Å². The van der Waals surface area contributed by atoms with E-state index in [2.05, 4.69) is 11.3 Å². The SMILES string of the molecule is C=C(OC1C=C(C(=O)O)C=CC1O)C(=O)OCC. The molecule has 0 heterocycles. The number of hydrogen-bond donors (Lipinski definition) is 2. The van der Waals surface area contributed by atoms with Gasteiger partial charge in [0.05, 0.1) is 12.2 Å². The zero-order valence-electron chi connectivity index (χ0n) is 9.83. The fourth-order valence-corrected chi connectivity index (χ4v) is 1.31. The third kappa shape index (κ3) is 3.46. The summed E-state index contributed by atoms with van der Waals surface area (Å²) in [5, 5.41) is 18.4. The van der Waals surface area contributed by atoms with E-state index < -0.39 is 24.1 Å². The maximum absolute atomic E-state index is 11.3. The summed E-state index contributed by atoms with van der Waals surface area (Å²) in [5.41, 5.74) is -0.0260. The molecule has 0 bridgehead atoms. The largest absolute Gasteiger partial charge is 0.478 e. The van der Waals surface area contributed by atoms with Gasteiger partial charge < -0.3 is 19.7 Å². The lowest BCUT2D eigenvalue weighted by Gasteiger charge is -2.22. The van der Waals surface area contributed by atoms with Crippen molar-refractivity contribution in [2.45, 2.75) is 19.1 Å². The molecule has 0 spiro atoms. The molecule has 0 aromatic carbocycles. The van der Waals surface area contributed by atoms with Crippen LogP contribution >= 0.6 is 0 Å². The molecule has 2 unspecified atom stereocenters. The lowest BCUT2D eigenvalue weighted by Crippen LogP contribution is -2.30. The van der Waals surface area contributed by atoms with E-state index in [9.17, 15) is 14.7 Å². The summed E-state index contributed by atoms with van der Waals surface area (Å²) in [7, 11) is 0. The van der Waals surface area contributed by atoms with Crippen LogP contribution < -0.4 is 0 Å². The van der Waals surface area contributed by atoms with E-state index in [1.54, 1.807) is 6.92 Å². The van der Waals surface area contributed by atoms with Gasteiger partial charge in [-0.2, -0.15) is 0 Å². The van der Waals surface area contributed by atoms with Crippen LogP contribution in [0.5, 0.6) is 0 Å². The zero-order valence-corrected chi connectivity index (χ0v) is 9.83. The second-order valence-corrected chi connectivity index (χ2v) is 3.50. The predicted octanol–water partition coefficient (Wildman–Crippen LogP) is 0.390. The van der Waals surface area contributed by atoms with Gasteiger partial charge in [0, 0.05) is 0 Å². The maximum Gasteiger partial charge on any atom is 0.372 e. The van der Waals surface area contributed by atoms with E-state index in [1.807, 2.05) is 0 Å². The molecular formula is C12H14O6. The van der Waals surface area contributed by atoms with E-state index in [-0.39, 0.29) is 17.9 Å². The van der Waals surface area contributed by atoms with Gasteiger partial charge in [-0.15, -0.1) is 0 Å². The highest BCUT2D eigenvalue weighted by Crippen LogP contribution is 2.17. The van der Waals surface area contributed by atoms with Crippen LogP contribution in [0.1, 0.15) is 6.92 Å². The molecule has 98 valence electrons. The summed E-state index contributed by atoms with van der Waals surface area (Å²) >= 11 is 0. The number of aliphatic hydroxyl groups is 1. The van der Waals surface area contributed by atoms with E-state index in [1.165, 1.54) is 18.2 Å². The Bertz CT molecular complexity index is 420. The van der Waals surface area contributed by atoms with E-state index in [0.717, 1.165) is 0 Å². The summed E-state index contributed by atoms with van der Waals surface area (Å²) in [6, 6.07) is 0. The molecule has 0 fully saturated rings. The van der Waals surface area contributed by atoms with Gasteiger partial charge >= 0.3 is 11.9 Å². The standard InChI is InChI=1S/C12H14O6/c1-3-17-12(16)7(2)18-10-6-8(11(14)15)4-5-9(10)13/h4-6,9-10,13H,2-3H2,1H3,(H,14,15). The molecule has 0 aliphatic heterocycles. The van der Waals surface area contributed by atoms with Crippen LogP contribution in [-0.2, 0) is 19.1 Å². The summed E-state index contributed by atoms with van der Waals surface area (Å²) in [4.78, 5) is 22.0. The number of aliphatic hydroxyl groups excluding tert-OH is 1. The highest BCUT2D eigenvalue weighted by atomic mass is 16.6. The Hall–Kier alpha value is -2.08. The summed E-state index contributed by atoms with van der Waals surface area (Å²) in [6.45, 7) is 5.16. The first-order valence-corrected chi connectivity index (χ1v) is 5.29. The minimum Gasteiger partial charge on any atom is -0.478 e. The quantitative estimate of drug-likeness (QED) is 0.419.